The zero-order chi connectivity index (χ0) is 106. The number of hydrogen-bond acceptors (Lipinski definition) is 58. The largest absolute Gasteiger partial charge is 0.467 e. The maximum Gasteiger partial charge on any atom is 0.252 e. The first-order valence-electron chi connectivity index (χ1n) is 48.6. The number of carbonyl (C=O) groups excluding carboxylic acids is 2. The van der Waals surface area contributed by atoms with Crippen LogP contribution in [0.5, 0.6) is 0 Å². The quantitative estimate of drug-likeness (QED) is 0.0253. The highest BCUT2D eigenvalue weighted by Crippen LogP contribution is 2.42. The molecule has 4 saturated carbocycles. The van der Waals surface area contributed by atoms with Gasteiger partial charge in [0.2, 0.25) is 24.8 Å². The van der Waals surface area contributed by atoms with E-state index in [1.807, 2.05) is 6.08 Å². The van der Waals surface area contributed by atoms with Gasteiger partial charge in [0.05, 0.1) is 112 Å². The van der Waals surface area contributed by atoms with Gasteiger partial charge >= 0.3 is 0 Å². The van der Waals surface area contributed by atoms with Crippen molar-refractivity contribution in [3.8, 4) is 0 Å². The van der Waals surface area contributed by atoms with Crippen LogP contribution < -0.4 is 113 Å². The van der Waals surface area contributed by atoms with Crippen LogP contribution in [0, 0.1) is 5.92 Å². The van der Waals surface area contributed by atoms with Crippen LogP contribution in [-0.4, -0.2) is 522 Å². The van der Waals surface area contributed by atoms with Crippen LogP contribution >= 0.6 is 0 Å². The predicted molar refractivity (Wildman–Crippen MR) is 495 cm³/mol. The molecule has 145 heavy (non-hydrogen) atoms. The minimum absolute atomic E-state index is 0.00464. The van der Waals surface area contributed by atoms with E-state index < -0.39 is 353 Å². The van der Waals surface area contributed by atoms with E-state index in [2.05, 4.69) is 21.3 Å². The lowest BCUT2D eigenvalue weighted by atomic mass is 9.75. The fourth-order valence-electron chi connectivity index (χ4n) is 19.5. The van der Waals surface area contributed by atoms with Crippen molar-refractivity contribution in [2.45, 2.75) is 363 Å². The summed E-state index contributed by atoms with van der Waals surface area (Å²) in [5.74, 6) is -1.73. The van der Waals surface area contributed by atoms with Crippen LogP contribution in [-0.2, 0) is 105 Å². The average molecular weight is 2120 g/mol. The Balaban J connectivity index is 0.000000207. The van der Waals surface area contributed by atoms with Crippen molar-refractivity contribution in [3.05, 3.63) is 35.5 Å². The highest BCUT2D eigenvalue weighted by molar-refractivity contribution is 7.91. The van der Waals surface area contributed by atoms with Crippen molar-refractivity contribution in [1.82, 2.24) is 21.3 Å². The van der Waals surface area contributed by atoms with Crippen molar-refractivity contribution in [2.24, 2.45) is 97.7 Å². The van der Waals surface area contributed by atoms with E-state index in [0.29, 0.717) is 49.6 Å². The van der Waals surface area contributed by atoms with Crippen molar-refractivity contribution in [1.29, 1.82) is 0 Å². The van der Waals surface area contributed by atoms with Gasteiger partial charge in [0.25, 0.3) is 5.91 Å². The summed E-state index contributed by atoms with van der Waals surface area (Å²) in [6, 6.07) is -10.9. The summed E-state index contributed by atoms with van der Waals surface area (Å²) in [6.07, 6.45) is -43.5. The molecule has 13 rings (SSSR count). The van der Waals surface area contributed by atoms with Crippen molar-refractivity contribution >= 4 is 21.7 Å². The number of rotatable bonds is 41. The monoisotopic (exact) mass is 2120 g/mol. The zero-order valence-electron chi connectivity index (χ0n) is 80.2. The van der Waals surface area contributed by atoms with Crippen LogP contribution in [0.15, 0.2) is 35.5 Å². The molecule has 0 aromatic heterocycles. The summed E-state index contributed by atoms with van der Waals surface area (Å²) < 4.78 is 132. The van der Waals surface area contributed by atoms with E-state index in [0.717, 1.165) is 0 Å². The molecule has 9 heterocycles. The molecule has 0 radical (unpaired) electrons. The maximum absolute atomic E-state index is 13.0. The van der Waals surface area contributed by atoms with Gasteiger partial charge in [0, 0.05) is 75.7 Å². The van der Waals surface area contributed by atoms with Crippen LogP contribution in [0.3, 0.4) is 0 Å². The summed E-state index contributed by atoms with van der Waals surface area (Å²) in [7, 11) is -1.96. The number of nitrogens with one attached hydrogen (secondary N) is 4. The molecule has 0 aromatic rings. The standard InChI is InChI=1S/C29H53N7O13.C28H54N6O14S.C27H51N7O13/c1-35-8-11-2-3-12(32)25(44-11)47-22-13(33)4-14(36-28(42)29(43)5-10(31)6-29)18(38)24(22)49-27-21(41)23(16(9-37)46-27)48-26-17(34)20(40)19(39)15(7-30)45-26;29-3-6-49(41,42)11-12-7-15(32)23(46-26-14(31)2-1-13(43-26)9-34-4-5-35)25(19(12)37)48-28-22(40)24(17(10-36)45-28)47-27-18(33)21(39)20(38)16(8-30)44-27;28-4-3-13(36)24(41)34-12-5-11(32)21(45-25-10(31)2-1-9(6-29)42-25)23(17(12)37)47-27-20(40)22(15(8-35)44-27)46-26-16(33)19(39)18(38)14(7-30)43-26/h2,10,12-27,35,37-41,43H,3-9,30-34H2,1H3,(H,36,42);1,12,14-28,34-40H,2-11,29-33H2;1,10-23,25-27,35-40H,2-8,28-33H2,(H,34,41)/t10?,12-,13+,14-,15+,16-,17-,18+,19-,20-,21-,22-,23-,24-,25-,26-,27+,29?;12-,14+,15-,16-,17+,18+,19-,20+,21+,22+,23+,24+,25+,26+,27+,28-;10-,11+,12-,13?,14+,15-,16-,17+,18-,19-,20-,21-,22-,23-,25-,26-,27+/m101/s1. The number of aliphatic hydroxyl groups is 18. The number of likely N-dealkylation sites (N-methyl/N-ethyl adjacent to an activating group) is 1. The van der Waals surface area contributed by atoms with E-state index >= 15 is 0 Å². The molecular formula is C84H158N20O40S. The summed E-state index contributed by atoms with van der Waals surface area (Å²) >= 11 is 0. The van der Waals surface area contributed by atoms with Crippen molar-refractivity contribution in [3.63, 3.8) is 0 Å². The molecule has 1 unspecified atom stereocenters. The second kappa shape index (κ2) is 54.5. The highest BCUT2D eigenvalue weighted by Gasteiger charge is 2.61. The van der Waals surface area contributed by atoms with Gasteiger partial charge in [-0.25, -0.2) is 8.42 Å². The van der Waals surface area contributed by atoms with E-state index in [1.54, 1.807) is 19.2 Å². The average Bonchev–Trinajstić information content (AvgIpc) is 1.21. The lowest BCUT2D eigenvalue weighted by Gasteiger charge is -2.47. The second-order valence-electron chi connectivity index (χ2n) is 38.7. The molecule has 9 aliphatic heterocycles. The smallest absolute Gasteiger partial charge is 0.252 e. The first-order chi connectivity index (χ1) is 68.8. The van der Waals surface area contributed by atoms with Gasteiger partial charge in [0.15, 0.2) is 47.6 Å². The van der Waals surface area contributed by atoms with E-state index in [4.69, 9.17) is 182 Å². The molecule has 60 nitrogen and oxygen atoms in total. The molecule has 0 bridgehead atoms. The first-order valence-corrected chi connectivity index (χ1v) is 50.5. The van der Waals surface area contributed by atoms with Gasteiger partial charge < -0.3 is 290 Å². The van der Waals surface area contributed by atoms with Crippen LogP contribution in [0.4, 0.5) is 0 Å². The molecule has 13 aliphatic rings. The third-order valence-corrected chi connectivity index (χ3v) is 29.7. The zero-order valence-corrected chi connectivity index (χ0v) is 81.1. The Labute approximate surface area is 835 Å². The van der Waals surface area contributed by atoms with E-state index in [9.17, 15) is 105 Å². The molecular weight excluding hydrogens is 1960 g/mol. The number of aliphatic hydroxyl groups excluding tert-OH is 17. The summed E-state index contributed by atoms with van der Waals surface area (Å²) in [4.78, 5) is 25.7. The fourth-order valence-corrected chi connectivity index (χ4v) is 21.0. The molecule has 10 fully saturated rings. The number of hydrogen-bond donors (Lipinski definition) is 38. The Kier molecular flexibility index (Phi) is 45.4. The molecule has 6 saturated heterocycles. The van der Waals surface area contributed by atoms with Gasteiger partial charge in [-0.3, -0.25) is 9.59 Å². The van der Waals surface area contributed by atoms with E-state index in [1.165, 1.54) is 0 Å². The van der Waals surface area contributed by atoms with Gasteiger partial charge in [-0.05, 0) is 76.8 Å². The molecule has 49 atom stereocenters. The molecule has 2 amide bonds. The fraction of sp³-hybridized carbons (Fsp3) is 0.905. The number of ether oxygens (including phenoxy) is 18. The summed E-state index contributed by atoms with van der Waals surface area (Å²) in [6.45, 7) is -1.63. The molecule has 54 N–H and O–H groups in total. The Morgan fingerprint density at radius 2 is 0.759 bits per heavy atom. The Morgan fingerprint density at radius 3 is 1.11 bits per heavy atom. The molecule has 0 aromatic carbocycles. The third-order valence-electron chi connectivity index (χ3n) is 27.9. The second-order valence-corrected chi connectivity index (χ2v) is 40.9. The molecule has 4 aliphatic carbocycles. The maximum atomic E-state index is 13.0. The molecule has 840 valence electrons. The minimum atomic E-state index is -3.70. The van der Waals surface area contributed by atoms with Gasteiger partial charge in [-0.1, -0.05) is 0 Å². The summed E-state index contributed by atoms with van der Waals surface area (Å²) in [5, 5.41) is 202. The number of nitrogens with two attached hydrogens (primary N) is 16. The Bertz CT molecular complexity index is 4180. The van der Waals surface area contributed by atoms with Crippen LogP contribution in [0.25, 0.3) is 0 Å². The van der Waals surface area contributed by atoms with Gasteiger partial charge in [-0.15, -0.1) is 0 Å². The lowest BCUT2D eigenvalue weighted by Crippen LogP contribution is -2.69. The van der Waals surface area contributed by atoms with E-state index in [-0.39, 0.29) is 103 Å². The highest BCUT2D eigenvalue weighted by atomic mass is 32.2. The van der Waals surface area contributed by atoms with Gasteiger partial charge in [0.1, 0.15) is 188 Å². The normalized spacial score (nSPS) is 45.6. The molecule has 0 spiro atoms. The Morgan fingerprint density at radius 1 is 0.414 bits per heavy atom. The number of carbonyl (C=O) groups is 2. The Hall–Kier alpha value is -4.53. The SMILES string of the molecule is CNCC1=CC[C@@H](N)[C@@H](O[C@H]2[C@H](O[C@@H]3O[C@H](CO)[C@@H](O[C@H]4O[C@@H](CN)[C@@H](O)[C@H](O)[C@H]4N)[C@H]3O)[C@@H](O)[C@H](NC(=O)C3(O)CC(N)C3)C[C@@H]2N)O1.NCCC(O)C(=O)N[C@@H]1C[C@H](N)[C@@H](O[C@H]2OC(CN)=CC[C@H]2N)[C@H](O[C@@H]2O[C@H](CO)[C@@H](O[C@H]3O[C@@H](CN)[C@@H](O)[C@H](O)[C@H]3N)[C@H]2O)[C@H]1O.NCCS(=O)(=O)C[C@@H]1C[C@H](N)[C@@H](O[C@H]2OC(CNCCO)=CC[C@H]2N)[C@H](O[C@@H]2O[C@H](CO)[C@@H](O[C@H]3O[C@@H](CN)[C@@H](O)[C@H](O)[C@H]3N)[C@H]2O)[C@H]1O. The van der Waals surface area contributed by atoms with Crippen molar-refractivity contribution < 1.29 is 195 Å². The number of sulfone groups is 1. The van der Waals surface area contributed by atoms with Crippen LogP contribution in [0.1, 0.15) is 57.8 Å². The predicted octanol–water partition coefficient (Wildman–Crippen LogP) is -22.7. The van der Waals surface area contributed by atoms with Gasteiger partial charge in [-0.2, -0.15) is 0 Å². The van der Waals surface area contributed by atoms with Crippen LogP contribution in [0.2, 0.25) is 0 Å². The number of amides is 2. The summed E-state index contributed by atoms with van der Waals surface area (Å²) in [5.41, 5.74) is 94.2. The van der Waals surface area contributed by atoms with Crippen molar-refractivity contribution in [2.75, 3.05) is 104 Å². The minimum Gasteiger partial charge on any atom is -0.467 e. The lowest BCUT2D eigenvalue weighted by molar-refractivity contribution is -0.283. The topological polar surface area (TPSA) is 1060 Å². The molecule has 61 heteroatoms. The third kappa shape index (κ3) is 29.2. The first kappa shape index (κ1) is 121.